The van der Waals surface area contributed by atoms with Crippen molar-refractivity contribution in [3.05, 3.63) is 287 Å². The Kier molecular flexibility index (Phi) is 12.8. The number of fused-ring (bicyclic) bond motifs is 11. The van der Waals surface area contributed by atoms with Crippen LogP contribution in [0.2, 0.25) is 0 Å². The molecule has 1 aliphatic carbocycles. The number of aryl methyl sites for hydroxylation is 8. The molecule has 5 heterocycles. The molecule has 0 bridgehead atoms. The Bertz CT molecular complexity index is 5210. The van der Waals surface area contributed by atoms with Gasteiger partial charge in [-0.3, -0.25) is 0 Å². The van der Waals surface area contributed by atoms with Gasteiger partial charge in [-0.2, -0.15) is 0 Å². The maximum absolute atomic E-state index is 7.80. The second kappa shape index (κ2) is 21.6. The molecule has 0 saturated heterocycles. The number of para-hydroxylation sites is 6. The topological polar surface area (TPSA) is 31.4 Å². The van der Waals surface area contributed by atoms with Crippen LogP contribution in [0.5, 0.6) is 23.0 Å². The summed E-state index contributed by atoms with van der Waals surface area (Å²) in [4.78, 5) is 10.0. The molecule has 0 unspecified atom stereocenters. The number of benzene rings is 12. The van der Waals surface area contributed by atoms with Crippen molar-refractivity contribution in [3.8, 4) is 34.1 Å². The summed E-state index contributed by atoms with van der Waals surface area (Å²) < 4.78 is 18.0. The van der Waals surface area contributed by atoms with Crippen LogP contribution in [0.15, 0.2) is 243 Å². The van der Waals surface area contributed by atoms with Gasteiger partial charge >= 0.3 is 0 Å². The highest BCUT2D eigenvalue weighted by Gasteiger charge is 2.49. The summed E-state index contributed by atoms with van der Waals surface area (Å²) in [6, 6.07) is 90.4. The molecule has 93 heavy (non-hydrogen) atoms. The molecule has 4 aliphatic heterocycles. The summed E-state index contributed by atoms with van der Waals surface area (Å²) in [5.41, 5.74) is 31.7. The van der Waals surface area contributed by atoms with E-state index in [0.29, 0.717) is 0 Å². The number of ether oxygens (including phenoxy) is 2. The molecular weight excluding hydrogens is 1150 g/mol. The first-order valence-electron chi connectivity index (χ1n) is 32.8. The molecule has 0 fully saturated rings. The Morgan fingerprint density at radius 3 is 1.55 bits per heavy atom. The third kappa shape index (κ3) is 8.70. The molecule has 12 aromatic carbocycles. The summed E-state index contributed by atoms with van der Waals surface area (Å²) in [5.74, 6) is 3.25. The smallest absolute Gasteiger partial charge is 0.268 e. The second-order valence-electron chi connectivity index (χ2n) is 26.1. The van der Waals surface area contributed by atoms with E-state index in [9.17, 15) is 0 Å². The number of nitrogens with zero attached hydrogens (tertiary/aromatic N) is 4. The number of hydrogen-bond acceptors (Lipinski definition) is 7. The van der Waals surface area contributed by atoms with Crippen molar-refractivity contribution in [1.82, 2.24) is 0 Å². The summed E-state index contributed by atoms with van der Waals surface area (Å²) in [6.45, 7) is 13.0. The van der Waals surface area contributed by atoms with Gasteiger partial charge < -0.3 is 29.1 Å². The van der Waals surface area contributed by atoms with Crippen molar-refractivity contribution < 1.29 is 9.47 Å². The lowest BCUT2D eigenvalue weighted by Gasteiger charge is -2.42. The first-order chi connectivity index (χ1) is 45.6. The predicted molar refractivity (Wildman–Crippen MR) is 393 cm³/mol. The van der Waals surface area contributed by atoms with E-state index in [4.69, 9.17) is 9.47 Å². The zero-order valence-corrected chi connectivity index (χ0v) is 53.9. The predicted octanol–water partition coefficient (Wildman–Crippen LogP) is 19.0. The first-order valence-corrected chi connectivity index (χ1v) is 33.6. The van der Waals surface area contributed by atoms with E-state index in [-0.39, 0.29) is 13.4 Å². The minimum absolute atomic E-state index is 0.185. The molecule has 6 nitrogen and oxygen atoms in total. The van der Waals surface area contributed by atoms with E-state index in [2.05, 4.69) is 304 Å². The first kappa shape index (κ1) is 55.4. The van der Waals surface area contributed by atoms with Gasteiger partial charge in [0, 0.05) is 72.9 Å². The van der Waals surface area contributed by atoms with Gasteiger partial charge in [0.15, 0.2) is 0 Å². The van der Waals surface area contributed by atoms with Gasteiger partial charge in [-0.1, -0.05) is 164 Å². The van der Waals surface area contributed by atoms with Crippen LogP contribution in [0.3, 0.4) is 0 Å². The molecule has 5 aliphatic rings. The lowest BCUT2D eigenvalue weighted by atomic mass is 9.32. The fraction of sp³-hybridized carbons (Fsp3) is 0.119. The van der Waals surface area contributed by atoms with Gasteiger partial charge in [-0.15, -0.1) is 11.3 Å². The van der Waals surface area contributed by atoms with E-state index < -0.39 is 0 Å². The Balaban J connectivity index is 0.910. The van der Waals surface area contributed by atoms with Crippen molar-refractivity contribution in [2.45, 2.75) is 67.2 Å². The van der Waals surface area contributed by atoms with Crippen molar-refractivity contribution >= 4 is 135 Å². The number of hydrogen-bond donors (Lipinski definition) is 0. The molecule has 18 rings (SSSR count). The maximum Gasteiger partial charge on any atom is 0.268 e. The van der Waals surface area contributed by atoms with Crippen molar-refractivity contribution in [1.29, 1.82) is 0 Å². The van der Waals surface area contributed by atoms with E-state index in [1.807, 2.05) is 11.3 Å². The highest BCUT2D eigenvalue weighted by atomic mass is 32.1. The summed E-state index contributed by atoms with van der Waals surface area (Å²) in [5, 5.41) is 1.24. The maximum atomic E-state index is 7.80. The van der Waals surface area contributed by atoms with Gasteiger partial charge in [0.2, 0.25) is 0 Å². The molecule has 1 aromatic heterocycles. The molecule has 0 amide bonds. The Labute approximate surface area is 549 Å². The number of thiophene rings is 1. The summed E-state index contributed by atoms with van der Waals surface area (Å²) in [7, 11) is 0. The van der Waals surface area contributed by atoms with Gasteiger partial charge in [0.25, 0.3) is 13.4 Å². The molecule has 0 atom stereocenters. The standard InChI is InChI=1S/C84H66B2N4O2S/c1-51-23-13-18-36-69(51)89(81-53(3)25-21-26-54(81)4)63-45-72-79-76(47-63)91-74-50-75-68(49-67(74)85(79)66-35-17-20-38-71(66)87(72)61-33-11-8-12-34-61)86-80-73(46-64(48-77(80)92-75)90(70-37-19-14-24-52(70)2)82-55(5)27-22-28-56(82)6)88(62-41-39-58-31-15-16-32-59(58)43-62)83-65-42-40-60(44-78(65)93-84(83)86)57-29-9-7-10-30-57/h7-14,17-30,33-50H,15-16,31-32H2,1-6H3. The normalized spacial score (nSPS) is 13.6. The molecule has 0 N–H and O–H groups in total. The van der Waals surface area contributed by atoms with Crippen LogP contribution in [-0.2, 0) is 12.8 Å². The zero-order chi connectivity index (χ0) is 62.3. The molecule has 0 radical (unpaired) electrons. The molecule has 13 aromatic rings. The van der Waals surface area contributed by atoms with Crippen molar-refractivity contribution in [2.75, 3.05) is 19.6 Å². The fourth-order valence-electron chi connectivity index (χ4n) is 16.2. The lowest BCUT2D eigenvalue weighted by molar-refractivity contribution is 0.466. The minimum atomic E-state index is -0.199. The number of anilines is 12. The van der Waals surface area contributed by atoms with Crippen molar-refractivity contribution in [3.63, 3.8) is 0 Å². The van der Waals surface area contributed by atoms with Crippen LogP contribution in [0.4, 0.5) is 68.2 Å². The van der Waals surface area contributed by atoms with E-state index in [1.54, 1.807) is 0 Å². The molecule has 0 spiro atoms. The highest BCUT2D eigenvalue weighted by Crippen LogP contribution is 2.53. The number of rotatable bonds is 9. The van der Waals surface area contributed by atoms with E-state index >= 15 is 0 Å². The van der Waals surface area contributed by atoms with E-state index in [1.165, 1.54) is 106 Å². The Morgan fingerprint density at radius 1 is 0.376 bits per heavy atom. The summed E-state index contributed by atoms with van der Waals surface area (Å²) >= 11 is 1.93. The van der Waals surface area contributed by atoms with Crippen LogP contribution < -0.4 is 61.2 Å². The SMILES string of the molecule is Cc1ccccc1N(c1cc2c3c(c1)N(c1ccccc1)c1ccccc1B3c1cc3c(cc1O2)Oc1cc(N(c2ccccc2C)c2c(C)cccc2C)cc2c1B3c1sc3cc(-c4ccccc4)ccc3c1N2c1ccc2c(c1)CCCC2)c1c(C)cccc1C. The molecule has 446 valence electrons. The third-order valence-electron chi connectivity index (χ3n) is 20.4. The van der Waals surface area contributed by atoms with Crippen LogP contribution in [-0.4, -0.2) is 13.4 Å². The van der Waals surface area contributed by atoms with Gasteiger partial charge in [0.1, 0.15) is 23.0 Å². The van der Waals surface area contributed by atoms with Crippen LogP contribution in [0.1, 0.15) is 57.3 Å². The average Bonchev–Trinajstić information content (AvgIpc) is 1.66. The Hall–Kier alpha value is -10.5. The van der Waals surface area contributed by atoms with Crippen molar-refractivity contribution in [2.24, 2.45) is 0 Å². The quantitative estimate of drug-likeness (QED) is 0.134. The minimum Gasteiger partial charge on any atom is -0.458 e. The van der Waals surface area contributed by atoms with Gasteiger partial charge in [-0.25, -0.2) is 0 Å². The Morgan fingerprint density at radius 2 is 0.914 bits per heavy atom. The highest BCUT2D eigenvalue weighted by molar-refractivity contribution is 7.33. The van der Waals surface area contributed by atoms with E-state index in [0.717, 1.165) is 109 Å². The molecule has 0 saturated carbocycles. The largest absolute Gasteiger partial charge is 0.458 e. The van der Waals surface area contributed by atoms with Crippen LogP contribution in [0.25, 0.3) is 21.2 Å². The second-order valence-corrected chi connectivity index (χ2v) is 27.2. The van der Waals surface area contributed by atoms with Crippen LogP contribution in [0, 0.1) is 41.5 Å². The van der Waals surface area contributed by atoms with Gasteiger partial charge in [0.05, 0.1) is 28.4 Å². The average molecular weight is 1220 g/mol. The summed E-state index contributed by atoms with van der Waals surface area (Å²) in [6.07, 6.45) is 4.60. The monoisotopic (exact) mass is 1220 g/mol. The zero-order valence-electron chi connectivity index (χ0n) is 53.1. The lowest BCUT2D eigenvalue weighted by Crippen LogP contribution is -2.62. The molecule has 9 heteroatoms. The van der Waals surface area contributed by atoms with Gasteiger partial charge in [-0.05, 0) is 211 Å². The van der Waals surface area contributed by atoms with Crippen LogP contribution >= 0.6 is 11.3 Å². The fourth-order valence-corrected chi connectivity index (χ4v) is 17.5. The molecular formula is C84H66B2N4O2S. The third-order valence-corrected chi connectivity index (χ3v) is 21.6.